The molecule has 2 atom stereocenters. The molecular formula is C10H14N4O2. The fourth-order valence-corrected chi connectivity index (χ4v) is 2.91. The van der Waals surface area contributed by atoms with Gasteiger partial charge in [0.2, 0.25) is 5.82 Å². The number of piperidine rings is 1. The average molecular weight is 222 g/mol. The highest BCUT2D eigenvalue weighted by molar-refractivity contribution is 5.91. The van der Waals surface area contributed by atoms with Gasteiger partial charge in [-0.3, -0.25) is 9.89 Å². The third-order valence-corrected chi connectivity index (χ3v) is 3.56. The quantitative estimate of drug-likeness (QED) is 0.697. The minimum absolute atomic E-state index is 0.0862. The van der Waals surface area contributed by atoms with Crippen LogP contribution < -0.4 is 0 Å². The van der Waals surface area contributed by atoms with E-state index in [1.165, 1.54) is 6.33 Å². The summed E-state index contributed by atoms with van der Waals surface area (Å²) < 4.78 is 0. The summed E-state index contributed by atoms with van der Waals surface area (Å²) in [5.41, 5.74) is 0. The van der Waals surface area contributed by atoms with Crippen molar-refractivity contribution in [2.75, 3.05) is 0 Å². The van der Waals surface area contributed by atoms with E-state index >= 15 is 0 Å². The van der Waals surface area contributed by atoms with Crippen molar-refractivity contribution in [1.82, 2.24) is 20.1 Å². The summed E-state index contributed by atoms with van der Waals surface area (Å²) in [6, 6.07) is 0.345. The second-order valence-corrected chi connectivity index (χ2v) is 4.56. The van der Waals surface area contributed by atoms with Gasteiger partial charge in [-0.25, -0.2) is 4.98 Å². The molecular weight excluding hydrogens is 208 g/mol. The number of rotatable bonds is 1. The van der Waals surface area contributed by atoms with Crippen LogP contribution in [0.3, 0.4) is 0 Å². The molecule has 2 bridgehead atoms. The topological polar surface area (TPSA) is 82.1 Å². The highest BCUT2D eigenvalue weighted by Crippen LogP contribution is 2.36. The summed E-state index contributed by atoms with van der Waals surface area (Å²) in [6.45, 7) is 0. The van der Waals surface area contributed by atoms with Gasteiger partial charge in [0.05, 0.1) is 6.10 Å². The van der Waals surface area contributed by atoms with Gasteiger partial charge in [0.1, 0.15) is 6.33 Å². The third kappa shape index (κ3) is 1.41. The lowest BCUT2D eigenvalue weighted by atomic mass is 10.00. The zero-order valence-electron chi connectivity index (χ0n) is 8.83. The number of hydrogen-bond acceptors (Lipinski definition) is 4. The van der Waals surface area contributed by atoms with Crippen LogP contribution in [0.4, 0.5) is 0 Å². The molecule has 0 saturated carbocycles. The summed E-state index contributed by atoms with van der Waals surface area (Å²) in [7, 11) is 0. The van der Waals surface area contributed by atoms with Gasteiger partial charge in [0, 0.05) is 12.1 Å². The molecule has 6 nitrogen and oxygen atoms in total. The Kier molecular flexibility index (Phi) is 2.17. The maximum Gasteiger partial charge on any atom is 0.291 e. The van der Waals surface area contributed by atoms with Crippen molar-refractivity contribution in [3.63, 3.8) is 0 Å². The summed E-state index contributed by atoms with van der Waals surface area (Å²) in [5, 5.41) is 15.9. The van der Waals surface area contributed by atoms with Gasteiger partial charge < -0.3 is 10.0 Å². The third-order valence-electron chi connectivity index (χ3n) is 3.56. The Hall–Kier alpha value is -1.43. The highest BCUT2D eigenvalue weighted by atomic mass is 16.3. The normalized spacial score (nSPS) is 33.1. The molecule has 2 aliphatic rings. The predicted octanol–water partition coefficient (Wildman–Crippen LogP) is -0.0674. The van der Waals surface area contributed by atoms with Crippen LogP contribution in [0.25, 0.3) is 0 Å². The van der Waals surface area contributed by atoms with E-state index in [-0.39, 0.29) is 24.1 Å². The summed E-state index contributed by atoms with van der Waals surface area (Å²) in [5.74, 6) is 0.213. The van der Waals surface area contributed by atoms with Gasteiger partial charge in [0.15, 0.2) is 0 Å². The zero-order chi connectivity index (χ0) is 11.1. The molecule has 6 heteroatoms. The first-order valence-corrected chi connectivity index (χ1v) is 5.62. The molecule has 0 aromatic carbocycles. The number of amides is 1. The first kappa shape index (κ1) is 9.77. The first-order valence-electron chi connectivity index (χ1n) is 5.62. The second kappa shape index (κ2) is 3.55. The van der Waals surface area contributed by atoms with Crippen molar-refractivity contribution in [2.24, 2.45) is 0 Å². The van der Waals surface area contributed by atoms with Crippen LogP contribution in [0.2, 0.25) is 0 Å². The number of fused-ring (bicyclic) bond motifs is 2. The molecule has 2 saturated heterocycles. The maximum absolute atomic E-state index is 12.1. The maximum atomic E-state index is 12.1. The molecule has 86 valence electrons. The van der Waals surface area contributed by atoms with E-state index < -0.39 is 0 Å². The van der Waals surface area contributed by atoms with Crippen molar-refractivity contribution < 1.29 is 9.90 Å². The van der Waals surface area contributed by atoms with Gasteiger partial charge in [-0.2, -0.15) is 5.10 Å². The molecule has 0 aliphatic carbocycles. The molecule has 1 aromatic rings. The molecule has 2 N–H and O–H groups in total. The molecule has 0 spiro atoms. The molecule has 1 amide bonds. The monoisotopic (exact) mass is 222 g/mol. The van der Waals surface area contributed by atoms with E-state index in [4.69, 9.17) is 0 Å². The number of aromatic amines is 1. The number of H-pyrrole nitrogens is 1. The van der Waals surface area contributed by atoms with E-state index in [1.54, 1.807) is 0 Å². The summed E-state index contributed by atoms with van der Waals surface area (Å²) in [6.07, 6.45) is 4.44. The van der Waals surface area contributed by atoms with Crippen LogP contribution in [-0.4, -0.2) is 49.3 Å². The number of aromatic nitrogens is 3. The Labute approximate surface area is 92.7 Å². The molecule has 16 heavy (non-hydrogen) atoms. The average Bonchev–Trinajstić information content (AvgIpc) is 2.85. The Morgan fingerprint density at radius 2 is 2.12 bits per heavy atom. The Morgan fingerprint density at radius 3 is 2.69 bits per heavy atom. The fourth-order valence-electron chi connectivity index (χ4n) is 2.91. The van der Waals surface area contributed by atoms with E-state index in [0.717, 1.165) is 12.8 Å². The number of nitrogens with one attached hydrogen (secondary N) is 1. The van der Waals surface area contributed by atoms with Crippen LogP contribution in [0.15, 0.2) is 6.33 Å². The van der Waals surface area contributed by atoms with Crippen LogP contribution in [-0.2, 0) is 0 Å². The Bertz CT molecular complexity index is 378. The highest BCUT2D eigenvalue weighted by Gasteiger charge is 2.43. The molecule has 3 rings (SSSR count). The van der Waals surface area contributed by atoms with Crippen molar-refractivity contribution >= 4 is 5.91 Å². The van der Waals surface area contributed by atoms with Crippen LogP contribution in [0.5, 0.6) is 0 Å². The van der Waals surface area contributed by atoms with E-state index in [9.17, 15) is 9.90 Å². The standard InChI is InChI=1S/C10H14N4O2/c15-8-3-6-1-2-7(4-8)14(6)10(16)9-11-5-12-13-9/h5-8,15H,1-4H2,(H,11,12,13). The van der Waals surface area contributed by atoms with Crippen molar-refractivity contribution in [3.05, 3.63) is 12.2 Å². The Morgan fingerprint density at radius 1 is 1.44 bits per heavy atom. The molecule has 3 heterocycles. The lowest BCUT2D eigenvalue weighted by molar-refractivity contribution is 0.0278. The van der Waals surface area contributed by atoms with E-state index in [0.29, 0.717) is 18.7 Å². The molecule has 2 aliphatic heterocycles. The summed E-state index contributed by atoms with van der Waals surface area (Å²) >= 11 is 0. The van der Waals surface area contributed by atoms with Gasteiger partial charge >= 0.3 is 0 Å². The van der Waals surface area contributed by atoms with Crippen LogP contribution in [0, 0.1) is 0 Å². The lowest BCUT2D eigenvalue weighted by Gasteiger charge is -2.36. The van der Waals surface area contributed by atoms with E-state index in [1.807, 2.05) is 4.90 Å². The largest absolute Gasteiger partial charge is 0.393 e. The lowest BCUT2D eigenvalue weighted by Crippen LogP contribution is -2.48. The van der Waals surface area contributed by atoms with Gasteiger partial charge in [-0.15, -0.1) is 0 Å². The number of carbonyl (C=O) groups is 1. The van der Waals surface area contributed by atoms with Gasteiger partial charge in [-0.05, 0) is 25.7 Å². The minimum atomic E-state index is -0.253. The molecule has 2 fully saturated rings. The van der Waals surface area contributed by atoms with Crippen LogP contribution in [0.1, 0.15) is 36.3 Å². The predicted molar refractivity (Wildman–Crippen MR) is 54.6 cm³/mol. The molecule has 2 unspecified atom stereocenters. The van der Waals surface area contributed by atoms with Crippen LogP contribution >= 0.6 is 0 Å². The first-order chi connectivity index (χ1) is 7.75. The van der Waals surface area contributed by atoms with E-state index in [2.05, 4.69) is 15.2 Å². The number of nitrogens with zero attached hydrogens (tertiary/aromatic N) is 3. The number of hydrogen-bond donors (Lipinski definition) is 2. The molecule has 1 aromatic heterocycles. The number of carbonyl (C=O) groups excluding carboxylic acids is 1. The fraction of sp³-hybridized carbons (Fsp3) is 0.700. The number of aliphatic hydroxyl groups is 1. The van der Waals surface area contributed by atoms with Crippen molar-refractivity contribution in [1.29, 1.82) is 0 Å². The Balaban J connectivity index is 1.84. The SMILES string of the molecule is O=C(c1ncn[nH]1)N1C2CCC1CC(O)C2. The smallest absolute Gasteiger partial charge is 0.291 e. The summed E-state index contributed by atoms with van der Waals surface area (Å²) in [4.78, 5) is 17.9. The second-order valence-electron chi connectivity index (χ2n) is 4.56. The molecule has 0 radical (unpaired) electrons. The zero-order valence-corrected chi connectivity index (χ0v) is 8.83. The van der Waals surface area contributed by atoms with Gasteiger partial charge in [0.25, 0.3) is 5.91 Å². The van der Waals surface area contributed by atoms with Gasteiger partial charge in [-0.1, -0.05) is 0 Å². The minimum Gasteiger partial charge on any atom is -0.393 e. The van der Waals surface area contributed by atoms with Crippen molar-refractivity contribution in [2.45, 2.75) is 43.9 Å². The van der Waals surface area contributed by atoms with Crippen molar-refractivity contribution in [3.8, 4) is 0 Å². The number of aliphatic hydroxyl groups excluding tert-OH is 1.